The highest BCUT2D eigenvalue weighted by Gasteiger charge is 2.61. The zero-order valence-electron chi connectivity index (χ0n) is 24.3. The Bertz CT molecular complexity index is 1530. The number of aliphatic hydroxyl groups excluding tert-OH is 1. The van der Waals surface area contributed by atoms with Crippen LogP contribution in [-0.4, -0.2) is 50.2 Å². The van der Waals surface area contributed by atoms with Crippen LogP contribution in [0.2, 0.25) is 10.0 Å². The average molecular weight is 635 g/mol. The van der Waals surface area contributed by atoms with Gasteiger partial charge in [-0.3, -0.25) is 9.48 Å². The Morgan fingerprint density at radius 3 is 2.56 bits per heavy atom. The van der Waals surface area contributed by atoms with Gasteiger partial charge in [-0.15, -0.1) is 0 Å². The highest BCUT2D eigenvalue weighted by Crippen LogP contribution is 2.53. The fourth-order valence-corrected chi connectivity index (χ4v) is 6.36. The molecule has 4 rings (SSSR count). The number of amides is 1. The van der Waals surface area contributed by atoms with Crippen molar-refractivity contribution in [1.82, 2.24) is 15.1 Å². The number of anilines is 1. The third-order valence-electron chi connectivity index (χ3n) is 7.90. The second-order valence-electron chi connectivity index (χ2n) is 12.5. The first-order valence-electron chi connectivity index (χ1n) is 13.9. The van der Waals surface area contributed by atoms with Gasteiger partial charge in [-0.05, 0) is 55.9 Å². The standard InChI is InChI=1S/C31H35Cl2F2N5O3/c1-29(2,11-13-41)15-23-31(16-36,20-9-8-18(32)14-22(20)34)25(19-6-5-7-21(33)26(19)35)27(37-23)28(42)38-24-10-12-40(39-24)17-30(3,4)43/h5-10,12,14,23,25,27,37,41,43H,11,13,15,17H2,1-4H3,(H,38,39,42)/t23-,25-,27+,31-/m1/s1. The smallest absolute Gasteiger partial charge is 0.243 e. The van der Waals surface area contributed by atoms with Crippen molar-refractivity contribution in [3.05, 3.63) is 81.5 Å². The molecule has 1 aromatic heterocycles. The van der Waals surface area contributed by atoms with Crippen molar-refractivity contribution in [3.8, 4) is 6.07 Å². The van der Waals surface area contributed by atoms with Crippen LogP contribution < -0.4 is 10.6 Å². The molecule has 1 aliphatic rings. The summed E-state index contributed by atoms with van der Waals surface area (Å²) in [6.45, 7) is 7.06. The minimum absolute atomic E-state index is 0.0360. The third-order valence-corrected chi connectivity index (χ3v) is 8.43. The lowest BCUT2D eigenvalue weighted by Gasteiger charge is -2.38. The number of benzene rings is 2. The first kappa shape index (κ1) is 32.8. The van der Waals surface area contributed by atoms with Crippen LogP contribution >= 0.6 is 23.2 Å². The predicted molar refractivity (Wildman–Crippen MR) is 161 cm³/mol. The van der Waals surface area contributed by atoms with E-state index in [4.69, 9.17) is 23.2 Å². The number of hydrogen-bond acceptors (Lipinski definition) is 6. The van der Waals surface area contributed by atoms with Crippen LogP contribution in [-0.2, 0) is 16.8 Å². The molecule has 0 radical (unpaired) electrons. The third kappa shape index (κ3) is 6.87. The molecule has 3 aromatic rings. The van der Waals surface area contributed by atoms with E-state index in [1.165, 1.54) is 35.0 Å². The monoisotopic (exact) mass is 633 g/mol. The van der Waals surface area contributed by atoms with E-state index in [9.17, 15) is 20.3 Å². The van der Waals surface area contributed by atoms with Crippen LogP contribution in [0.1, 0.15) is 57.6 Å². The lowest BCUT2D eigenvalue weighted by atomic mass is 9.62. The molecular weight excluding hydrogens is 599 g/mol. The van der Waals surface area contributed by atoms with Gasteiger partial charge in [0, 0.05) is 41.4 Å². The predicted octanol–water partition coefficient (Wildman–Crippen LogP) is 5.56. The van der Waals surface area contributed by atoms with Crippen LogP contribution in [0.5, 0.6) is 0 Å². The van der Waals surface area contributed by atoms with Crippen LogP contribution in [0.4, 0.5) is 14.6 Å². The van der Waals surface area contributed by atoms with Gasteiger partial charge in [0.15, 0.2) is 5.82 Å². The lowest BCUT2D eigenvalue weighted by molar-refractivity contribution is -0.118. The molecule has 0 aliphatic carbocycles. The molecule has 4 N–H and O–H groups in total. The van der Waals surface area contributed by atoms with E-state index in [0.29, 0.717) is 6.42 Å². The van der Waals surface area contributed by atoms with Crippen molar-refractivity contribution in [3.63, 3.8) is 0 Å². The molecule has 1 amide bonds. The Kier molecular flexibility index (Phi) is 9.55. The molecule has 4 atom stereocenters. The number of hydrogen-bond donors (Lipinski definition) is 4. The summed E-state index contributed by atoms with van der Waals surface area (Å²) in [5.41, 5.74) is -3.51. The number of nitrogens with one attached hydrogen (secondary N) is 2. The lowest BCUT2D eigenvalue weighted by Crippen LogP contribution is -2.45. The van der Waals surface area contributed by atoms with Gasteiger partial charge in [0.05, 0.1) is 29.3 Å². The number of halogens is 4. The normalized spacial score (nSPS) is 22.4. The maximum absolute atomic E-state index is 15.8. The van der Waals surface area contributed by atoms with E-state index in [2.05, 4.69) is 21.8 Å². The molecule has 0 saturated carbocycles. The summed E-state index contributed by atoms with van der Waals surface area (Å²) in [5, 5.41) is 41.0. The zero-order chi connectivity index (χ0) is 31.7. The summed E-state index contributed by atoms with van der Waals surface area (Å²) in [6.07, 6.45) is 2.18. The van der Waals surface area contributed by atoms with Crippen molar-refractivity contribution in [2.75, 3.05) is 11.9 Å². The number of carbonyl (C=O) groups is 1. The molecule has 0 spiro atoms. The highest BCUT2D eigenvalue weighted by molar-refractivity contribution is 6.31. The number of carbonyl (C=O) groups excluding carboxylic acids is 1. The second-order valence-corrected chi connectivity index (χ2v) is 13.3. The minimum atomic E-state index is -1.81. The number of rotatable bonds is 10. The molecule has 2 heterocycles. The molecule has 1 aliphatic heterocycles. The van der Waals surface area contributed by atoms with Gasteiger partial charge in [-0.2, -0.15) is 10.4 Å². The van der Waals surface area contributed by atoms with Crippen LogP contribution in [0.25, 0.3) is 0 Å². The zero-order valence-corrected chi connectivity index (χ0v) is 25.8. The first-order chi connectivity index (χ1) is 20.1. The molecule has 8 nitrogen and oxygen atoms in total. The molecule has 0 bridgehead atoms. The second kappa shape index (κ2) is 12.5. The summed E-state index contributed by atoms with van der Waals surface area (Å²) in [5.74, 6) is -3.31. The van der Waals surface area contributed by atoms with Crippen molar-refractivity contribution >= 4 is 34.9 Å². The fourth-order valence-electron chi connectivity index (χ4n) is 6.02. The average Bonchev–Trinajstić information content (AvgIpc) is 3.46. The van der Waals surface area contributed by atoms with Crippen molar-refractivity contribution < 1.29 is 23.8 Å². The van der Waals surface area contributed by atoms with Crippen LogP contribution in [0.15, 0.2) is 48.7 Å². The molecule has 43 heavy (non-hydrogen) atoms. The summed E-state index contributed by atoms with van der Waals surface area (Å²) in [6, 6.07) is 9.96. The van der Waals surface area contributed by atoms with Gasteiger partial charge >= 0.3 is 0 Å². The Balaban J connectivity index is 1.89. The van der Waals surface area contributed by atoms with Crippen molar-refractivity contribution in [2.45, 2.75) is 76.1 Å². The van der Waals surface area contributed by atoms with Crippen molar-refractivity contribution in [2.24, 2.45) is 5.41 Å². The number of aliphatic hydroxyl groups is 2. The molecule has 2 aromatic carbocycles. The van der Waals surface area contributed by atoms with Gasteiger partial charge in [-0.25, -0.2) is 8.78 Å². The topological polar surface area (TPSA) is 123 Å². The Morgan fingerprint density at radius 2 is 1.93 bits per heavy atom. The molecule has 230 valence electrons. The maximum Gasteiger partial charge on any atom is 0.243 e. The fraction of sp³-hybridized carbons (Fsp3) is 0.452. The molecule has 1 saturated heterocycles. The van der Waals surface area contributed by atoms with Gasteiger partial charge in [0.2, 0.25) is 5.91 Å². The summed E-state index contributed by atoms with van der Waals surface area (Å²) < 4.78 is 33.1. The minimum Gasteiger partial charge on any atom is -0.396 e. The molecule has 12 heteroatoms. The van der Waals surface area contributed by atoms with E-state index >= 15 is 8.78 Å². The SMILES string of the molecule is CC(C)(O)Cn1ccc(NC(=O)[C@H]2N[C@H](CC(C)(C)CCO)[C@@](C#N)(c3ccc(Cl)cc3F)[C@@H]2c2cccc(Cl)c2F)n1. The van der Waals surface area contributed by atoms with Crippen LogP contribution in [0, 0.1) is 28.4 Å². The summed E-state index contributed by atoms with van der Waals surface area (Å²) >= 11 is 12.3. The molecular formula is C31H35Cl2F2N5O3. The molecule has 0 unspecified atom stereocenters. The van der Waals surface area contributed by atoms with E-state index in [1.807, 2.05) is 13.8 Å². The quantitative estimate of drug-likeness (QED) is 0.232. The highest BCUT2D eigenvalue weighted by atomic mass is 35.5. The van der Waals surface area contributed by atoms with Crippen molar-refractivity contribution in [1.29, 1.82) is 5.26 Å². The van der Waals surface area contributed by atoms with Gasteiger partial charge in [0.1, 0.15) is 17.0 Å². The number of nitriles is 1. The van der Waals surface area contributed by atoms with E-state index in [0.717, 1.165) is 6.07 Å². The van der Waals surface area contributed by atoms with Gasteiger partial charge < -0.3 is 20.8 Å². The first-order valence-corrected chi connectivity index (χ1v) is 14.6. The van der Waals surface area contributed by atoms with Gasteiger partial charge in [0.25, 0.3) is 0 Å². The molecule has 1 fully saturated rings. The Labute approximate surface area is 259 Å². The Morgan fingerprint density at radius 1 is 1.21 bits per heavy atom. The Hall–Kier alpha value is -3.07. The van der Waals surface area contributed by atoms with E-state index in [1.54, 1.807) is 26.1 Å². The van der Waals surface area contributed by atoms with Gasteiger partial charge in [-0.1, -0.05) is 55.2 Å². The van der Waals surface area contributed by atoms with Crippen LogP contribution in [0.3, 0.4) is 0 Å². The number of aromatic nitrogens is 2. The van der Waals surface area contributed by atoms with E-state index in [-0.39, 0.29) is 46.6 Å². The summed E-state index contributed by atoms with van der Waals surface area (Å²) in [4.78, 5) is 14.0. The maximum atomic E-state index is 15.8. The number of nitrogens with zero attached hydrogens (tertiary/aromatic N) is 3. The largest absolute Gasteiger partial charge is 0.396 e. The summed E-state index contributed by atoms with van der Waals surface area (Å²) in [7, 11) is 0. The van der Waals surface area contributed by atoms with E-state index < -0.39 is 52.0 Å².